The predicted octanol–water partition coefficient (Wildman–Crippen LogP) is 1.42. The van der Waals surface area contributed by atoms with Crippen LogP contribution in [0.3, 0.4) is 0 Å². The topological polar surface area (TPSA) is 81.6 Å². The molecule has 1 amide bonds. The Kier molecular flexibility index (Phi) is 2.45. The first kappa shape index (κ1) is 11.0. The number of fused-ring (bicyclic) bond motifs is 1. The zero-order valence-corrected chi connectivity index (χ0v) is 9.92. The van der Waals surface area contributed by atoms with Crippen molar-refractivity contribution in [2.24, 2.45) is 5.73 Å². The number of hydrogen-bond acceptors (Lipinski definition) is 5. The van der Waals surface area contributed by atoms with E-state index < -0.39 is 0 Å². The van der Waals surface area contributed by atoms with Gasteiger partial charge in [-0.2, -0.15) is 0 Å². The summed E-state index contributed by atoms with van der Waals surface area (Å²) in [6.45, 7) is 2.67. The molecule has 0 saturated carbocycles. The van der Waals surface area contributed by atoms with E-state index >= 15 is 0 Å². The standard InChI is InChI=1S/C12H13N3O3/c1-7-10-3-2-8(4-11(10)18-14-7)15-6-9(5-13)17-12(15)16/h2-4,9H,5-6,13H2,1H3. The average molecular weight is 247 g/mol. The summed E-state index contributed by atoms with van der Waals surface area (Å²) >= 11 is 0. The summed E-state index contributed by atoms with van der Waals surface area (Å²) in [6.07, 6.45) is -0.620. The van der Waals surface area contributed by atoms with E-state index in [9.17, 15) is 4.79 Å². The Morgan fingerprint density at radius 2 is 2.39 bits per heavy atom. The van der Waals surface area contributed by atoms with Gasteiger partial charge >= 0.3 is 6.09 Å². The van der Waals surface area contributed by atoms with Crippen LogP contribution in [0.5, 0.6) is 0 Å². The van der Waals surface area contributed by atoms with E-state index in [4.69, 9.17) is 15.0 Å². The number of carbonyl (C=O) groups is 1. The normalized spacial score (nSPS) is 19.6. The highest BCUT2D eigenvalue weighted by Gasteiger charge is 2.31. The number of hydrogen-bond donors (Lipinski definition) is 1. The van der Waals surface area contributed by atoms with E-state index in [-0.39, 0.29) is 12.2 Å². The molecule has 1 saturated heterocycles. The van der Waals surface area contributed by atoms with Crippen LogP contribution in [-0.2, 0) is 4.74 Å². The Bertz CT molecular complexity index is 608. The summed E-state index contributed by atoms with van der Waals surface area (Å²) < 4.78 is 10.3. The van der Waals surface area contributed by atoms with Gasteiger partial charge in [0.25, 0.3) is 0 Å². The van der Waals surface area contributed by atoms with Crippen molar-refractivity contribution < 1.29 is 14.1 Å². The number of nitrogens with zero attached hydrogens (tertiary/aromatic N) is 2. The maximum absolute atomic E-state index is 11.7. The Hall–Kier alpha value is -2.08. The summed E-state index contributed by atoms with van der Waals surface area (Å²) in [4.78, 5) is 13.2. The van der Waals surface area contributed by atoms with Crippen LogP contribution < -0.4 is 10.6 Å². The van der Waals surface area contributed by atoms with Crippen molar-refractivity contribution in [3.05, 3.63) is 23.9 Å². The lowest BCUT2D eigenvalue weighted by Crippen LogP contribution is -2.27. The van der Waals surface area contributed by atoms with Gasteiger partial charge in [0.2, 0.25) is 0 Å². The smallest absolute Gasteiger partial charge is 0.414 e. The van der Waals surface area contributed by atoms with Crippen LogP contribution in [0.4, 0.5) is 10.5 Å². The fourth-order valence-electron chi connectivity index (χ4n) is 2.08. The fourth-order valence-corrected chi connectivity index (χ4v) is 2.08. The molecular formula is C12H13N3O3. The molecule has 2 N–H and O–H groups in total. The number of amides is 1. The van der Waals surface area contributed by atoms with Crippen molar-refractivity contribution in [1.29, 1.82) is 0 Å². The number of cyclic esters (lactones) is 1. The quantitative estimate of drug-likeness (QED) is 0.867. The second kappa shape index (κ2) is 3.99. The lowest BCUT2D eigenvalue weighted by atomic mass is 10.2. The van der Waals surface area contributed by atoms with Crippen molar-refractivity contribution in [3.8, 4) is 0 Å². The van der Waals surface area contributed by atoms with Crippen molar-refractivity contribution in [2.75, 3.05) is 18.0 Å². The molecule has 1 aromatic carbocycles. The van der Waals surface area contributed by atoms with Gasteiger partial charge in [-0.05, 0) is 19.1 Å². The van der Waals surface area contributed by atoms with Gasteiger partial charge < -0.3 is 15.0 Å². The van der Waals surface area contributed by atoms with Crippen molar-refractivity contribution in [3.63, 3.8) is 0 Å². The van der Waals surface area contributed by atoms with Crippen LogP contribution in [-0.4, -0.2) is 30.4 Å². The lowest BCUT2D eigenvalue weighted by molar-refractivity contribution is 0.145. The monoisotopic (exact) mass is 247 g/mol. The first-order valence-corrected chi connectivity index (χ1v) is 5.73. The van der Waals surface area contributed by atoms with Crippen LogP contribution in [0, 0.1) is 6.92 Å². The highest BCUT2D eigenvalue weighted by molar-refractivity contribution is 5.93. The Morgan fingerprint density at radius 1 is 1.56 bits per heavy atom. The molecule has 1 aliphatic rings. The number of ether oxygens (including phenoxy) is 1. The average Bonchev–Trinajstić information content (AvgIpc) is 2.93. The third kappa shape index (κ3) is 1.62. The molecule has 2 heterocycles. The Labute approximate surface area is 103 Å². The number of aryl methyl sites for hydroxylation is 1. The molecule has 1 atom stereocenters. The molecule has 3 rings (SSSR count). The molecule has 1 aromatic heterocycles. The molecule has 0 radical (unpaired) electrons. The number of anilines is 1. The number of nitrogens with two attached hydrogens (primary N) is 1. The van der Waals surface area contributed by atoms with Crippen LogP contribution in [0.25, 0.3) is 11.0 Å². The summed E-state index contributed by atoms with van der Waals surface area (Å²) in [6, 6.07) is 5.53. The molecule has 1 aliphatic heterocycles. The van der Waals surface area contributed by atoms with Crippen molar-refractivity contribution in [1.82, 2.24) is 5.16 Å². The van der Waals surface area contributed by atoms with E-state index in [1.807, 2.05) is 19.1 Å². The van der Waals surface area contributed by atoms with E-state index in [2.05, 4.69) is 5.16 Å². The number of benzene rings is 1. The molecule has 2 aromatic rings. The second-order valence-corrected chi connectivity index (χ2v) is 4.30. The Morgan fingerprint density at radius 3 is 3.11 bits per heavy atom. The molecule has 94 valence electrons. The highest BCUT2D eigenvalue weighted by atomic mass is 16.6. The van der Waals surface area contributed by atoms with Gasteiger partial charge in [0.15, 0.2) is 5.58 Å². The van der Waals surface area contributed by atoms with Gasteiger partial charge in [-0.3, -0.25) is 4.90 Å². The lowest BCUT2D eigenvalue weighted by Gasteiger charge is -2.12. The van der Waals surface area contributed by atoms with Gasteiger partial charge in [0, 0.05) is 18.0 Å². The summed E-state index contributed by atoms with van der Waals surface area (Å²) in [7, 11) is 0. The van der Waals surface area contributed by atoms with Gasteiger partial charge in [0.05, 0.1) is 17.9 Å². The van der Waals surface area contributed by atoms with Gasteiger partial charge in [-0.15, -0.1) is 0 Å². The minimum absolute atomic E-state index is 0.246. The summed E-state index contributed by atoms with van der Waals surface area (Å²) in [5, 5.41) is 4.83. The zero-order valence-electron chi connectivity index (χ0n) is 9.92. The van der Waals surface area contributed by atoms with E-state index in [1.54, 1.807) is 11.0 Å². The van der Waals surface area contributed by atoms with Crippen molar-refractivity contribution in [2.45, 2.75) is 13.0 Å². The van der Waals surface area contributed by atoms with E-state index in [1.165, 1.54) is 0 Å². The number of rotatable bonds is 2. The highest BCUT2D eigenvalue weighted by Crippen LogP contribution is 2.27. The molecule has 18 heavy (non-hydrogen) atoms. The molecule has 1 unspecified atom stereocenters. The molecule has 6 nitrogen and oxygen atoms in total. The van der Waals surface area contributed by atoms with E-state index in [0.29, 0.717) is 18.7 Å². The Balaban J connectivity index is 1.97. The predicted molar refractivity (Wildman–Crippen MR) is 65.4 cm³/mol. The first-order valence-electron chi connectivity index (χ1n) is 5.73. The number of aromatic nitrogens is 1. The fraction of sp³-hybridized carbons (Fsp3) is 0.333. The summed E-state index contributed by atoms with van der Waals surface area (Å²) in [5.74, 6) is 0. The maximum Gasteiger partial charge on any atom is 0.414 e. The van der Waals surface area contributed by atoms with Crippen molar-refractivity contribution >= 4 is 22.7 Å². The van der Waals surface area contributed by atoms with E-state index in [0.717, 1.165) is 16.8 Å². The molecular weight excluding hydrogens is 234 g/mol. The van der Waals surface area contributed by atoms with Crippen LogP contribution in [0.1, 0.15) is 5.69 Å². The van der Waals surface area contributed by atoms with Crippen LogP contribution in [0.15, 0.2) is 22.7 Å². The maximum atomic E-state index is 11.7. The van der Waals surface area contributed by atoms with Crippen LogP contribution >= 0.6 is 0 Å². The van der Waals surface area contributed by atoms with Gasteiger partial charge in [-0.25, -0.2) is 4.79 Å². The molecule has 6 heteroatoms. The molecule has 0 bridgehead atoms. The largest absolute Gasteiger partial charge is 0.443 e. The summed E-state index contributed by atoms with van der Waals surface area (Å²) in [5.41, 5.74) is 7.73. The van der Waals surface area contributed by atoms with Gasteiger partial charge in [0.1, 0.15) is 6.10 Å². The minimum Gasteiger partial charge on any atom is -0.443 e. The molecule has 0 spiro atoms. The number of carbonyl (C=O) groups excluding carboxylic acids is 1. The van der Waals surface area contributed by atoms with Gasteiger partial charge in [-0.1, -0.05) is 5.16 Å². The third-order valence-electron chi connectivity index (χ3n) is 3.08. The van der Waals surface area contributed by atoms with Crippen LogP contribution in [0.2, 0.25) is 0 Å². The molecule has 1 fully saturated rings. The molecule has 0 aliphatic carbocycles. The zero-order chi connectivity index (χ0) is 12.7. The third-order valence-corrected chi connectivity index (χ3v) is 3.08. The minimum atomic E-state index is -0.374. The SMILES string of the molecule is Cc1noc2cc(N3CC(CN)OC3=O)ccc12. The first-order chi connectivity index (χ1) is 8.69. The second-order valence-electron chi connectivity index (χ2n) is 4.30.